The Morgan fingerprint density at radius 2 is 2.33 bits per heavy atom. The second-order valence-electron chi connectivity index (χ2n) is 3.13. The minimum atomic E-state index is 0.659. The van der Waals surface area contributed by atoms with Gasteiger partial charge >= 0.3 is 0 Å². The molecule has 0 bridgehead atoms. The van der Waals surface area contributed by atoms with Crippen molar-refractivity contribution in [3.05, 3.63) is 17.8 Å². The smallest absolute Gasteiger partial charge is 0.137 e. The van der Waals surface area contributed by atoms with Gasteiger partial charge in [-0.1, -0.05) is 0 Å². The number of pyridine rings is 1. The fraction of sp³-hybridized carbons (Fsp3) is 0.444. The largest absolute Gasteiger partial charge is 0.383 e. The van der Waals surface area contributed by atoms with Crippen molar-refractivity contribution in [1.29, 1.82) is 0 Å². The van der Waals surface area contributed by atoms with E-state index in [0.717, 1.165) is 10.8 Å². The quantitative estimate of drug-likeness (QED) is 0.709. The van der Waals surface area contributed by atoms with Gasteiger partial charge in [0.2, 0.25) is 0 Å². The number of aromatic nitrogens is 1. The Labute approximate surface area is 76.6 Å². The first-order valence-electron chi connectivity index (χ1n) is 4.10. The van der Waals surface area contributed by atoms with Crippen molar-refractivity contribution in [2.24, 2.45) is 0 Å². The van der Waals surface area contributed by atoms with Crippen molar-refractivity contribution in [2.75, 3.05) is 12.0 Å². The molecule has 3 heteroatoms. The Hall–Kier alpha value is -0.700. The molecule has 0 unspecified atom stereocenters. The van der Waals surface area contributed by atoms with Crippen LogP contribution in [0.3, 0.4) is 0 Å². The minimum Gasteiger partial charge on any atom is -0.383 e. The van der Waals surface area contributed by atoms with Gasteiger partial charge in [0.25, 0.3) is 0 Å². The highest BCUT2D eigenvalue weighted by atomic mass is 32.2. The van der Waals surface area contributed by atoms with Crippen LogP contribution >= 0.6 is 11.8 Å². The van der Waals surface area contributed by atoms with Crippen molar-refractivity contribution in [3.63, 3.8) is 0 Å². The predicted molar refractivity (Wildman–Crippen MR) is 52.4 cm³/mol. The van der Waals surface area contributed by atoms with Crippen LogP contribution in [-0.4, -0.2) is 11.2 Å². The van der Waals surface area contributed by atoms with Gasteiger partial charge in [-0.3, -0.25) is 0 Å². The van der Waals surface area contributed by atoms with Gasteiger partial charge in [0.1, 0.15) is 5.82 Å². The second-order valence-corrected chi connectivity index (χ2v) is 3.98. The van der Waals surface area contributed by atoms with E-state index in [1.54, 1.807) is 11.8 Å². The first-order valence-corrected chi connectivity index (χ1v) is 5.33. The first-order chi connectivity index (χ1) is 5.81. The Bertz CT molecular complexity index is 295. The van der Waals surface area contributed by atoms with Crippen LogP contribution in [0.1, 0.15) is 24.3 Å². The second kappa shape index (κ2) is 2.98. The molecule has 2 N–H and O–H groups in total. The zero-order chi connectivity index (χ0) is 8.55. The molecule has 0 atom stereocenters. The summed E-state index contributed by atoms with van der Waals surface area (Å²) in [5.74, 6) is 1.43. The highest BCUT2D eigenvalue weighted by molar-refractivity contribution is 7.98. The zero-order valence-corrected chi connectivity index (χ0v) is 7.90. The van der Waals surface area contributed by atoms with E-state index in [2.05, 4.69) is 11.1 Å². The molecule has 0 aromatic carbocycles. The monoisotopic (exact) mass is 180 g/mol. The Morgan fingerprint density at radius 3 is 2.92 bits per heavy atom. The maximum atomic E-state index is 5.69. The van der Waals surface area contributed by atoms with Crippen LogP contribution in [0.15, 0.2) is 17.2 Å². The number of nitrogen functional groups attached to an aromatic ring is 1. The van der Waals surface area contributed by atoms with Crippen molar-refractivity contribution >= 4 is 17.6 Å². The summed E-state index contributed by atoms with van der Waals surface area (Å²) in [6.45, 7) is 0. The lowest BCUT2D eigenvalue weighted by Crippen LogP contribution is -1.94. The minimum absolute atomic E-state index is 0.659. The molecule has 1 aromatic rings. The van der Waals surface area contributed by atoms with Gasteiger partial charge in [0.05, 0.1) is 0 Å². The Balaban J connectivity index is 2.33. The molecular formula is C9H12N2S. The molecule has 0 aliphatic heterocycles. The van der Waals surface area contributed by atoms with E-state index in [0.29, 0.717) is 5.82 Å². The summed E-state index contributed by atoms with van der Waals surface area (Å²) >= 11 is 1.67. The zero-order valence-electron chi connectivity index (χ0n) is 7.08. The van der Waals surface area contributed by atoms with E-state index < -0.39 is 0 Å². The molecule has 1 aromatic heterocycles. The van der Waals surface area contributed by atoms with E-state index in [1.807, 2.05) is 12.5 Å². The standard InChI is InChI=1S/C9H12N2S/c1-12-8-4-7(6-2-3-6)5-11-9(8)10/h4-6H,2-3H2,1H3,(H2,10,11). The van der Waals surface area contributed by atoms with Gasteiger partial charge in [0.15, 0.2) is 0 Å². The highest BCUT2D eigenvalue weighted by Crippen LogP contribution is 2.41. The summed E-state index contributed by atoms with van der Waals surface area (Å²) in [6, 6.07) is 2.17. The number of thioether (sulfide) groups is 1. The van der Waals surface area contributed by atoms with Crippen LogP contribution in [0.4, 0.5) is 5.82 Å². The van der Waals surface area contributed by atoms with Gasteiger partial charge < -0.3 is 5.73 Å². The van der Waals surface area contributed by atoms with Crippen LogP contribution in [0, 0.1) is 0 Å². The van der Waals surface area contributed by atoms with E-state index >= 15 is 0 Å². The highest BCUT2D eigenvalue weighted by Gasteiger charge is 2.24. The van der Waals surface area contributed by atoms with Crippen LogP contribution in [-0.2, 0) is 0 Å². The summed E-state index contributed by atoms with van der Waals surface area (Å²) in [5, 5.41) is 0. The number of rotatable bonds is 2. The summed E-state index contributed by atoms with van der Waals surface area (Å²) in [6.07, 6.45) is 6.58. The number of hydrogen-bond acceptors (Lipinski definition) is 3. The molecular weight excluding hydrogens is 168 g/mol. The number of hydrogen-bond donors (Lipinski definition) is 1. The SMILES string of the molecule is CSc1cc(C2CC2)cnc1N. The molecule has 0 saturated heterocycles. The molecule has 1 aliphatic rings. The van der Waals surface area contributed by atoms with Crippen molar-refractivity contribution in [3.8, 4) is 0 Å². The molecule has 64 valence electrons. The van der Waals surface area contributed by atoms with E-state index in [4.69, 9.17) is 5.73 Å². The molecule has 2 rings (SSSR count). The summed E-state index contributed by atoms with van der Waals surface area (Å²) in [7, 11) is 0. The molecule has 0 amide bonds. The summed E-state index contributed by atoms with van der Waals surface area (Å²) in [4.78, 5) is 5.28. The van der Waals surface area contributed by atoms with Gasteiger partial charge in [0, 0.05) is 11.1 Å². The van der Waals surface area contributed by atoms with Gasteiger partial charge in [-0.05, 0) is 36.6 Å². The van der Waals surface area contributed by atoms with Crippen molar-refractivity contribution in [2.45, 2.75) is 23.7 Å². The molecule has 1 aliphatic carbocycles. The van der Waals surface area contributed by atoms with Crippen LogP contribution in [0.2, 0.25) is 0 Å². The van der Waals surface area contributed by atoms with Crippen molar-refractivity contribution < 1.29 is 0 Å². The fourth-order valence-electron chi connectivity index (χ4n) is 1.27. The van der Waals surface area contributed by atoms with Crippen molar-refractivity contribution in [1.82, 2.24) is 4.98 Å². The average Bonchev–Trinajstić information content (AvgIpc) is 2.88. The Kier molecular flexibility index (Phi) is 1.97. The topological polar surface area (TPSA) is 38.9 Å². The third-order valence-corrected chi connectivity index (χ3v) is 2.94. The van der Waals surface area contributed by atoms with E-state index in [1.165, 1.54) is 18.4 Å². The van der Waals surface area contributed by atoms with Crippen LogP contribution in [0.5, 0.6) is 0 Å². The molecule has 0 radical (unpaired) electrons. The summed E-state index contributed by atoms with van der Waals surface area (Å²) in [5.41, 5.74) is 7.04. The lowest BCUT2D eigenvalue weighted by atomic mass is 10.2. The maximum Gasteiger partial charge on any atom is 0.137 e. The number of nitrogens with two attached hydrogens (primary N) is 1. The third kappa shape index (κ3) is 1.41. The molecule has 1 fully saturated rings. The van der Waals surface area contributed by atoms with Gasteiger partial charge in [-0.2, -0.15) is 0 Å². The van der Waals surface area contributed by atoms with Gasteiger partial charge in [-0.25, -0.2) is 4.98 Å². The lowest BCUT2D eigenvalue weighted by molar-refractivity contribution is 1.07. The molecule has 1 saturated carbocycles. The molecule has 2 nitrogen and oxygen atoms in total. The van der Waals surface area contributed by atoms with Gasteiger partial charge in [-0.15, -0.1) is 11.8 Å². The maximum absolute atomic E-state index is 5.69. The predicted octanol–water partition coefficient (Wildman–Crippen LogP) is 2.26. The average molecular weight is 180 g/mol. The summed E-state index contributed by atoms with van der Waals surface area (Å²) < 4.78 is 0. The van der Waals surface area contributed by atoms with Crippen LogP contribution in [0.25, 0.3) is 0 Å². The molecule has 12 heavy (non-hydrogen) atoms. The fourth-order valence-corrected chi connectivity index (χ4v) is 1.79. The lowest BCUT2D eigenvalue weighted by Gasteiger charge is -2.03. The number of anilines is 1. The van der Waals surface area contributed by atoms with E-state index in [-0.39, 0.29) is 0 Å². The molecule has 1 heterocycles. The number of nitrogens with zero attached hydrogens (tertiary/aromatic N) is 1. The van der Waals surface area contributed by atoms with Crippen LogP contribution < -0.4 is 5.73 Å². The van der Waals surface area contributed by atoms with E-state index in [9.17, 15) is 0 Å². The Morgan fingerprint density at radius 1 is 1.58 bits per heavy atom. The molecule has 0 spiro atoms. The first kappa shape index (κ1) is 7.92. The normalized spacial score (nSPS) is 16.4. The third-order valence-electron chi connectivity index (χ3n) is 2.17.